The zero-order valence-electron chi connectivity index (χ0n) is 12.9. The summed E-state index contributed by atoms with van der Waals surface area (Å²) in [5.41, 5.74) is 0.592. The molecule has 0 fully saturated rings. The highest BCUT2D eigenvalue weighted by Gasteiger charge is 2.36. The van der Waals surface area contributed by atoms with Crippen molar-refractivity contribution in [3.63, 3.8) is 0 Å². The molecule has 24 heavy (non-hydrogen) atoms. The van der Waals surface area contributed by atoms with E-state index in [4.69, 9.17) is 10.00 Å². The number of esters is 1. The Morgan fingerprint density at radius 2 is 2.21 bits per heavy atom. The molecule has 1 aliphatic rings. The molecule has 0 bridgehead atoms. The molecule has 1 aliphatic heterocycles. The lowest BCUT2D eigenvalue weighted by molar-refractivity contribution is -0.385. The number of ether oxygens (including phenoxy) is 1. The Hall–Kier alpha value is -3.21. The van der Waals surface area contributed by atoms with E-state index in [0.29, 0.717) is 5.70 Å². The van der Waals surface area contributed by atoms with Crippen molar-refractivity contribution >= 4 is 17.6 Å². The third kappa shape index (κ3) is 3.57. The second-order valence-electron chi connectivity index (χ2n) is 5.20. The van der Waals surface area contributed by atoms with E-state index in [0.717, 1.165) is 0 Å². The molecule has 0 unspecified atom stereocenters. The van der Waals surface area contributed by atoms with Crippen LogP contribution in [0.3, 0.4) is 0 Å². The number of nitro benzene ring substituents is 1. The highest BCUT2D eigenvalue weighted by Crippen LogP contribution is 2.37. The normalized spacial score (nSPS) is 17.0. The predicted octanol–water partition coefficient (Wildman–Crippen LogP) is 1.93. The van der Waals surface area contributed by atoms with Gasteiger partial charge in [0.15, 0.2) is 0 Å². The van der Waals surface area contributed by atoms with Gasteiger partial charge in [0, 0.05) is 29.7 Å². The van der Waals surface area contributed by atoms with Crippen LogP contribution < -0.4 is 5.32 Å². The fourth-order valence-corrected chi connectivity index (χ4v) is 2.65. The van der Waals surface area contributed by atoms with Crippen LogP contribution in [-0.4, -0.2) is 23.4 Å². The van der Waals surface area contributed by atoms with Gasteiger partial charge in [-0.2, -0.15) is 5.26 Å². The summed E-state index contributed by atoms with van der Waals surface area (Å²) in [6.07, 6.45) is -0.0501. The summed E-state index contributed by atoms with van der Waals surface area (Å²) in [6, 6.07) is 7.85. The largest absolute Gasteiger partial charge is 0.461 e. The number of nitrogens with zero attached hydrogens (tertiary/aromatic N) is 2. The number of rotatable bonds is 5. The highest BCUT2D eigenvalue weighted by molar-refractivity contribution is 5.96. The minimum Gasteiger partial charge on any atom is -0.461 e. The molecular formula is C16H15N3O5. The molecule has 0 spiro atoms. The minimum absolute atomic E-state index is 0.0422. The Balaban J connectivity index is 2.44. The van der Waals surface area contributed by atoms with Gasteiger partial charge in [-0.3, -0.25) is 14.9 Å². The summed E-state index contributed by atoms with van der Waals surface area (Å²) in [5.74, 6) is -1.79. The van der Waals surface area contributed by atoms with Gasteiger partial charge in [0.05, 0.1) is 23.0 Å². The Morgan fingerprint density at radius 1 is 1.50 bits per heavy atom. The van der Waals surface area contributed by atoms with Gasteiger partial charge in [-0.05, 0) is 6.92 Å². The van der Waals surface area contributed by atoms with Gasteiger partial charge in [-0.15, -0.1) is 0 Å². The Morgan fingerprint density at radius 3 is 2.88 bits per heavy atom. The summed E-state index contributed by atoms with van der Waals surface area (Å²) in [4.78, 5) is 34.9. The molecule has 0 aromatic heterocycles. The first kappa shape index (κ1) is 17.1. The van der Waals surface area contributed by atoms with Gasteiger partial charge in [-0.1, -0.05) is 18.2 Å². The van der Waals surface area contributed by atoms with Crippen LogP contribution in [-0.2, 0) is 14.3 Å². The third-order valence-corrected chi connectivity index (χ3v) is 3.64. The van der Waals surface area contributed by atoms with Crippen LogP contribution in [0.15, 0.2) is 35.5 Å². The van der Waals surface area contributed by atoms with Crippen LogP contribution in [0.25, 0.3) is 0 Å². The van der Waals surface area contributed by atoms with Crippen molar-refractivity contribution in [2.24, 2.45) is 0 Å². The number of nitro groups is 1. The predicted molar refractivity (Wildman–Crippen MR) is 82.5 cm³/mol. The number of hydrogen-bond donors (Lipinski definition) is 1. The van der Waals surface area contributed by atoms with E-state index >= 15 is 0 Å². The summed E-state index contributed by atoms with van der Waals surface area (Å²) in [6.45, 7) is 1.46. The molecule has 8 nitrogen and oxygen atoms in total. The maximum atomic E-state index is 12.3. The Labute approximate surface area is 137 Å². The number of nitrogens with one attached hydrogen (secondary N) is 1. The van der Waals surface area contributed by atoms with Crippen LogP contribution >= 0.6 is 0 Å². The molecular weight excluding hydrogens is 314 g/mol. The van der Waals surface area contributed by atoms with Crippen LogP contribution in [0.4, 0.5) is 5.69 Å². The van der Waals surface area contributed by atoms with Crippen molar-refractivity contribution in [1.29, 1.82) is 5.26 Å². The van der Waals surface area contributed by atoms with Gasteiger partial charge < -0.3 is 10.1 Å². The summed E-state index contributed by atoms with van der Waals surface area (Å²) < 4.78 is 5.04. The first-order valence-corrected chi connectivity index (χ1v) is 7.23. The van der Waals surface area contributed by atoms with Crippen molar-refractivity contribution < 1.29 is 19.2 Å². The maximum Gasteiger partial charge on any atom is 0.336 e. The molecule has 1 amide bonds. The molecule has 2 rings (SSSR count). The lowest BCUT2D eigenvalue weighted by Gasteiger charge is -2.26. The highest BCUT2D eigenvalue weighted by atomic mass is 16.6. The average Bonchev–Trinajstić information content (AvgIpc) is 2.54. The van der Waals surface area contributed by atoms with E-state index in [-0.39, 0.29) is 42.2 Å². The molecule has 0 aliphatic carbocycles. The Kier molecular flexibility index (Phi) is 5.27. The van der Waals surface area contributed by atoms with Gasteiger partial charge in [-0.25, -0.2) is 4.79 Å². The van der Waals surface area contributed by atoms with Gasteiger partial charge >= 0.3 is 5.97 Å². The van der Waals surface area contributed by atoms with E-state index in [1.54, 1.807) is 13.0 Å². The number of allylic oxidation sites excluding steroid dienone is 1. The van der Waals surface area contributed by atoms with Gasteiger partial charge in [0.25, 0.3) is 5.69 Å². The topological polar surface area (TPSA) is 122 Å². The number of amides is 1. The zero-order chi connectivity index (χ0) is 17.7. The zero-order valence-corrected chi connectivity index (χ0v) is 12.9. The van der Waals surface area contributed by atoms with Crippen molar-refractivity contribution in [2.75, 3.05) is 6.61 Å². The monoisotopic (exact) mass is 329 g/mol. The number of carbonyl (C=O) groups is 2. The van der Waals surface area contributed by atoms with E-state index in [2.05, 4.69) is 5.32 Å². The molecule has 8 heteroatoms. The molecule has 0 radical (unpaired) electrons. The lowest BCUT2D eigenvalue weighted by Crippen LogP contribution is -2.34. The first-order valence-electron chi connectivity index (χ1n) is 7.23. The lowest BCUT2D eigenvalue weighted by atomic mass is 9.83. The van der Waals surface area contributed by atoms with Gasteiger partial charge in [0.1, 0.15) is 6.61 Å². The number of benzene rings is 1. The molecule has 124 valence electrons. The van der Waals surface area contributed by atoms with Crippen molar-refractivity contribution in [2.45, 2.75) is 25.7 Å². The molecule has 1 N–H and O–H groups in total. The average molecular weight is 329 g/mol. The third-order valence-electron chi connectivity index (χ3n) is 3.64. The molecule has 1 aromatic rings. The van der Waals surface area contributed by atoms with E-state index < -0.39 is 16.8 Å². The molecule has 1 heterocycles. The van der Waals surface area contributed by atoms with Crippen molar-refractivity contribution in [1.82, 2.24) is 5.32 Å². The van der Waals surface area contributed by atoms with E-state index in [9.17, 15) is 19.7 Å². The first-order chi connectivity index (χ1) is 11.5. The van der Waals surface area contributed by atoms with Crippen LogP contribution in [0.1, 0.15) is 31.2 Å². The SMILES string of the molecule is CC1=C(C(=O)OCCC#N)[C@@H](c2ccccc2[N+](=O)[O-])CC(=O)N1. The molecule has 0 saturated heterocycles. The molecule has 0 saturated carbocycles. The maximum absolute atomic E-state index is 12.3. The number of nitriles is 1. The van der Waals surface area contributed by atoms with Gasteiger partial charge in [0.2, 0.25) is 5.91 Å². The van der Waals surface area contributed by atoms with Crippen molar-refractivity contribution in [3.05, 3.63) is 51.2 Å². The van der Waals surface area contributed by atoms with E-state index in [1.165, 1.54) is 18.2 Å². The van der Waals surface area contributed by atoms with Crippen molar-refractivity contribution in [3.8, 4) is 6.07 Å². The van der Waals surface area contributed by atoms with Crippen LogP contribution in [0.5, 0.6) is 0 Å². The van der Waals surface area contributed by atoms with E-state index in [1.807, 2.05) is 6.07 Å². The number of carbonyl (C=O) groups excluding carboxylic acids is 2. The number of hydrogen-bond acceptors (Lipinski definition) is 6. The second-order valence-corrected chi connectivity index (χ2v) is 5.20. The molecule has 1 atom stereocenters. The van der Waals surface area contributed by atoms with Crippen LogP contribution in [0, 0.1) is 21.4 Å². The quantitative estimate of drug-likeness (QED) is 0.381. The minimum atomic E-state index is -0.769. The summed E-state index contributed by atoms with van der Waals surface area (Å²) in [7, 11) is 0. The summed E-state index contributed by atoms with van der Waals surface area (Å²) >= 11 is 0. The fraction of sp³-hybridized carbons (Fsp3) is 0.312. The smallest absolute Gasteiger partial charge is 0.336 e. The number of para-hydroxylation sites is 1. The second kappa shape index (κ2) is 7.37. The van der Waals surface area contributed by atoms with Crippen LogP contribution in [0.2, 0.25) is 0 Å². The Bertz CT molecular complexity index is 763. The fourth-order valence-electron chi connectivity index (χ4n) is 2.65. The standard InChI is InChI=1S/C16H15N3O5/c1-10-15(16(21)24-8-4-7-17)12(9-14(20)18-10)11-5-2-3-6-13(11)19(22)23/h2-3,5-6,12H,4,8-9H2,1H3,(H,18,20)/t12-/m1/s1. The summed E-state index contributed by atoms with van der Waals surface area (Å²) in [5, 5.41) is 22.3. The molecule has 1 aromatic carbocycles.